The Labute approximate surface area is 83.3 Å². The van der Waals surface area contributed by atoms with Crippen molar-refractivity contribution in [2.75, 3.05) is 0 Å². The molecule has 0 bridgehead atoms. The van der Waals surface area contributed by atoms with E-state index in [2.05, 4.69) is 5.73 Å². The minimum absolute atomic E-state index is 0.718. The molecule has 1 aromatic rings. The minimum atomic E-state index is -3.64. The number of benzene rings is 1. The zero-order valence-electron chi connectivity index (χ0n) is 7.45. The monoisotopic (exact) mass is 219 g/mol. The molecular formula is C9H8F3NO2. The van der Waals surface area contributed by atoms with Crippen LogP contribution in [0.3, 0.4) is 0 Å². The Hall–Kier alpha value is -1.56. The number of rotatable bonds is 3. The molecule has 0 radical (unpaired) electrons. The van der Waals surface area contributed by atoms with E-state index in [1.54, 1.807) is 0 Å². The lowest BCUT2D eigenvalue weighted by atomic mass is 10.0. The van der Waals surface area contributed by atoms with Gasteiger partial charge in [-0.05, 0) is 6.07 Å². The van der Waals surface area contributed by atoms with Gasteiger partial charge in [-0.2, -0.15) is 0 Å². The summed E-state index contributed by atoms with van der Waals surface area (Å²) in [6, 6.07) is 4.34. The Bertz CT molecular complexity index is 381. The van der Waals surface area contributed by atoms with E-state index in [1.165, 1.54) is 12.1 Å². The summed E-state index contributed by atoms with van der Waals surface area (Å²) in [7, 11) is 0. The third kappa shape index (κ3) is 2.10. The van der Waals surface area contributed by atoms with Crippen molar-refractivity contribution < 1.29 is 23.1 Å². The molecule has 2 atom stereocenters. The van der Waals surface area contributed by atoms with Crippen LogP contribution in [0.4, 0.5) is 13.2 Å². The van der Waals surface area contributed by atoms with Crippen molar-refractivity contribution in [3.8, 4) is 0 Å². The Kier molecular flexibility index (Phi) is 2.99. The number of alkyl halides is 2. The fraction of sp³-hybridized carbons (Fsp3) is 0.222. The number of hydrogen-bond donors (Lipinski definition) is 2. The van der Waals surface area contributed by atoms with Crippen LogP contribution in [0.15, 0.2) is 24.3 Å². The van der Waals surface area contributed by atoms with E-state index in [0.717, 1.165) is 12.1 Å². The molecule has 0 heterocycles. The van der Waals surface area contributed by atoms with Crippen LogP contribution in [0.1, 0.15) is 11.7 Å². The van der Waals surface area contributed by atoms with Crippen molar-refractivity contribution >= 4 is 5.97 Å². The van der Waals surface area contributed by atoms with Gasteiger partial charge in [-0.1, -0.05) is 18.2 Å². The fourth-order valence-electron chi connectivity index (χ4n) is 1.02. The maximum absolute atomic E-state index is 13.3. The Morgan fingerprint density at radius 1 is 1.47 bits per heavy atom. The summed E-state index contributed by atoms with van der Waals surface area (Å²) in [5.41, 5.74) is 3.88. The van der Waals surface area contributed by atoms with Crippen molar-refractivity contribution in [3.63, 3.8) is 0 Å². The molecule has 0 aliphatic heterocycles. The maximum Gasteiger partial charge on any atom is 0.360 e. The lowest BCUT2D eigenvalue weighted by molar-refractivity contribution is -0.155. The van der Waals surface area contributed by atoms with Gasteiger partial charge in [0, 0.05) is 5.56 Å². The Morgan fingerprint density at radius 3 is 2.47 bits per heavy atom. The molecule has 0 aromatic heterocycles. The van der Waals surface area contributed by atoms with Gasteiger partial charge >= 0.3 is 5.97 Å². The molecule has 0 fully saturated rings. The SMILES string of the molecule is N[C@](F)(C(=O)O)C(F)c1ccccc1F. The fourth-order valence-corrected chi connectivity index (χ4v) is 1.02. The number of carboxylic acid groups (broad SMARTS) is 1. The van der Waals surface area contributed by atoms with Crippen LogP contribution < -0.4 is 5.73 Å². The molecule has 6 heteroatoms. The first-order valence-electron chi connectivity index (χ1n) is 3.97. The first-order chi connectivity index (χ1) is 6.87. The van der Waals surface area contributed by atoms with Gasteiger partial charge in [0.15, 0.2) is 6.17 Å². The molecule has 1 unspecified atom stereocenters. The quantitative estimate of drug-likeness (QED) is 0.758. The molecule has 3 N–H and O–H groups in total. The summed E-state index contributed by atoms with van der Waals surface area (Å²) in [4.78, 5) is 10.3. The molecule has 0 amide bonds. The van der Waals surface area contributed by atoms with Gasteiger partial charge in [-0.3, -0.25) is 5.73 Å². The van der Waals surface area contributed by atoms with Crippen LogP contribution in [-0.4, -0.2) is 16.9 Å². The van der Waals surface area contributed by atoms with E-state index < -0.39 is 29.3 Å². The average Bonchev–Trinajstić information content (AvgIpc) is 2.17. The molecule has 82 valence electrons. The molecule has 0 spiro atoms. The molecule has 0 aliphatic carbocycles. The van der Waals surface area contributed by atoms with Gasteiger partial charge in [0.1, 0.15) is 5.82 Å². The molecule has 1 aromatic carbocycles. The Morgan fingerprint density at radius 2 is 2.00 bits per heavy atom. The number of nitrogens with two attached hydrogens (primary N) is 1. The summed E-state index contributed by atoms with van der Waals surface area (Å²) in [5.74, 6) is -6.86. The highest BCUT2D eigenvalue weighted by molar-refractivity contribution is 5.77. The number of halogens is 3. The predicted octanol–water partition coefficient (Wildman–Crippen LogP) is 1.55. The first-order valence-corrected chi connectivity index (χ1v) is 3.97. The lowest BCUT2D eigenvalue weighted by Gasteiger charge is -2.20. The zero-order valence-corrected chi connectivity index (χ0v) is 7.45. The maximum atomic E-state index is 13.3. The highest BCUT2D eigenvalue weighted by Gasteiger charge is 2.45. The number of carboxylic acids is 1. The molecule has 0 saturated heterocycles. The zero-order chi connectivity index (χ0) is 11.6. The predicted molar refractivity (Wildman–Crippen MR) is 45.9 cm³/mol. The van der Waals surface area contributed by atoms with Gasteiger partial charge in [0.05, 0.1) is 0 Å². The van der Waals surface area contributed by atoms with Gasteiger partial charge in [0.2, 0.25) is 0 Å². The molecule has 1 rings (SSSR count). The van der Waals surface area contributed by atoms with Gasteiger partial charge < -0.3 is 5.11 Å². The Balaban J connectivity index is 3.10. The van der Waals surface area contributed by atoms with Crippen molar-refractivity contribution in [2.24, 2.45) is 5.73 Å². The second-order valence-electron chi connectivity index (χ2n) is 2.96. The van der Waals surface area contributed by atoms with Crippen LogP contribution in [-0.2, 0) is 4.79 Å². The highest BCUT2D eigenvalue weighted by atomic mass is 19.2. The van der Waals surface area contributed by atoms with E-state index in [9.17, 15) is 18.0 Å². The third-order valence-corrected chi connectivity index (χ3v) is 1.87. The van der Waals surface area contributed by atoms with Crippen LogP contribution >= 0.6 is 0 Å². The van der Waals surface area contributed by atoms with E-state index in [4.69, 9.17) is 5.11 Å². The van der Waals surface area contributed by atoms with Crippen LogP contribution in [0, 0.1) is 5.82 Å². The van der Waals surface area contributed by atoms with E-state index in [1.807, 2.05) is 0 Å². The summed E-state index contributed by atoms with van der Waals surface area (Å²) >= 11 is 0. The van der Waals surface area contributed by atoms with Crippen molar-refractivity contribution in [3.05, 3.63) is 35.6 Å². The van der Waals surface area contributed by atoms with E-state index >= 15 is 0 Å². The van der Waals surface area contributed by atoms with Crippen molar-refractivity contribution in [1.29, 1.82) is 0 Å². The number of hydrogen-bond acceptors (Lipinski definition) is 2. The standard InChI is InChI=1S/C9H8F3NO2/c10-6-4-2-1-3-5(6)7(11)9(12,13)8(14)15/h1-4,7H,13H2,(H,14,15)/t7?,9-/m0/s1. The summed E-state index contributed by atoms with van der Waals surface area (Å²) in [6.07, 6.45) is -2.75. The average molecular weight is 219 g/mol. The largest absolute Gasteiger partial charge is 0.478 e. The summed E-state index contributed by atoms with van der Waals surface area (Å²) in [6.45, 7) is 0. The molecule has 3 nitrogen and oxygen atoms in total. The normalized spacial score (nSPS) is 16.8. The van der Waals surface area contributed by atoms with Crippen LogP contribution in [0.2, 0.25) is 0 Å². The van der Waals surface area contributed by atoms with Gasteiger partial charge in [-0.15, -0.1) is 0 Å². The second-order valence-corrected chi connectivity index (χ2v) is 2.96. The molecule has 15 heavy (non-hydrogen) atoms. The minimum Gasteiger partial charge on any atom is -0.478 e. The smallest absolute Gasteiger partial charge is 0.360 e. The molecular weight excluding hydrogens is 211 g/mol. The van der Waals surface area contributed by atoms with Crippen molar-refractivity contribution in [2.45, 2.75) is 12.0 Å². The molecule has 0 saturated carbocycles. The number of aliphatic carboxylic acids is 1. The number of carbonyl (C=O) groups is 1. The van der Waals surface area contributed by atoms with Crippen molar-refractivity contribution in [1.82, 2.24) is 0 Å². The van der Waals surface area contributed by atoms with Gasteiger partial charge in [0.25, 0.3) is 5.79 Å². The topological polar surface area (TPSA) is 63.3 Å². The van der Waals surface area contributed by atoms with Crippen LogP contribution in [0.5, 0.6) is 0 Å². The first kappa shape index (κ1) is 11.5. The summed E-state index contributed by atoms with van der Waals surface area (Å²) < 4.78 is 39.4. The summed E-state index contributed by atoms with van der Waals surface area (Å²) in [5, 5.41) is 8.30. The second kappa shape index (κ2) is 3.90. The lowest BCUT2D eigenvalue weighted by Crippen LogP contribution is -2.47. The van der Waals surface area contributed by atoms with Crippen LogP contribution in [0.25, 0.3) is 0 Å². The highest BCUT2D eigenvalue weighted by Crippen LogP contribution is 2.31. The molecule has 0 aliphatic rings. The van der Waals surface area contributed by atoms with E-state index in [-0.39, 0.29) is 0 Å². The van der Waals surface area contributed by atoms with Gasteiger partial charge in [-0.25, -0.2) is 18.0 Å². The third-order valence-electron chi connectivity index (χ3n) is 1.87. The van der Waals surface area contributed by atoms with E-state index in [0.29, 0.717) is 0 Å².